The Morgan fingerprint density at radius 2 is 1.47 bits per heavy atom. The number of allylic oxidation sites excluding steroid dienone is 10. The minimum absolute atomic E-state index is 0.121. The largest absolute Gasteiger partial charge is 0.444 e. The van der Waals surface area contributed by atoms with Crippen molar-refractivity contribution in [3.05, 3.63) is 143 Å². The summed E-state index contributed by atoms with van der Waals surface area (Å²) in [6, 6.07) is 16.2. The van der Waals surface area contributed by atoms with Crippen LogP contribution >= 0.6 is 0 Å². The third-order valence-corrected chi connectivity index (χ3v) is 10.2. The van der Waals surface area contributed by atoms with Gasteiger partial charge in [0.1, 0.15) is 5.82 Å². The molecule has 5 rings (SSSR count). The summed E-state index contributed by atoms with van der Waals surface area (Å²) in [5, 5.41) is 0. The number of unbranched alkanes of at least 4 members (excludes halogenated alkanes) is 3. The van der Waals surface area contributed by atoms with Crippen LogP contribution in [0.3, 0.4) is 0 Å². The number of ether oxygens (including phenoxy) is 1. The first-order valence-electron chi connectivity index (χ1n) is 20.6. The summed E-state index contributed by atoms with van der Waals surface area (Å²) in [7, 11) is 1.95. The van der Waals surface area contributed by atoms with Crippen molar-refractivity contribution in [3.63, 3.8) is 0 Å². The Morgan fingerprint density at radius 1 is 0.825 bits per heavy atom. The van der Waals surface area contributed by atoms with Gasteiger partial charge in [-0.1, -0.05) is 98.4 Å². The summed E-state index contributed by atoms with van der Waals surface area (Å²) in [6.45, 7) is 4.08. The van der Waals surface area contributed by atoms with Crippen molar-refractivity contribution in [1.82, 2.24) is 19.1 Å². The Kier molecular flexibility index (Phi) is 17.6. The van der Waals surface area contributed by atoms with E-state index in [-0.39, 0.29) is 30.1 Å². The molecule has 0 saturated carbocycles. The van der Waals surface area contributed by atoms with Crippen LogP contribution in [0, 0.1) is 5.82 Å². The Hall–Kier alpha value is -5.51. The van der Waals surface area contributed by atoms with Crippen molar-refractivity contribution in [3.8, 4) is 0 Å². The first-order chi connectivity index (χ1) is 27.9. The number of para-hydroxylation sites is 2. The lowest BCUT2D eigenvalue weighted by molar-refractivity contribution is -0.147. The highest BCUT2D eigenvalue weighted by Gasteiger charge is 2.28. The fourth-order valence-electron chi connectivity index (χ4n) is 6.96. The van der Waals surface area contributed by atoms with Crippen LogP contribution in [0.4, 0.5) is 16.3 Å². The average molecular weight is 775 g/mol. The molecule has 3 heterocycles. The molecular weight excluding hydrogens is 716 g/mol. The number of piperidine rings is 1. The van der Waals surface area contributed by atoms with Crippen LogP contribution in [0.5, 0.6) is 0 Å². The van der Waals surface area contributed by atoms with Crippen LogP contribution in [-0.2, 0) is 22.8 Å². The van der Waals surface area contributed by atoms with E-state index < -0.39 is 0 Å². The lowest BCUT2D eigenvalue weighted by Gasteiger charge is -2.38. The zero-order valence-electron chi connectivity index (χ0n) is 33.7. The smallest absolute Gasteiger partial charge is 0.307 e. The highest BCUT2D eigenvalue weighted by Crippen LogP contribution is 2.28. The molecule has 2 aromatic carbocycles. The van der Waals surface area contributed by atoms with Gasteiger partial charge in [0.2, 0.25) is 11.9 Å². The number of rotatable bonds is 22. The molecule has 1 aliphatic heterocycles. The summed E-state index contributed by atoms with van der Waals surface area (Å²) < 4.78 is 22.8. The second-order valence-corrected chi connectivity index (χ2v) is 14.4. The van der Waals surface area contributed by atoms with Gasteiger partial charge < -0.3 is 19.1 Å². The molecule has 0 amide bonds. The number of fused-ring (bicyclic) bond motifs is 1. The van der Waals surface area contributed by atoms with E-state index in [1.165, 1.54) is 29.0 Å². The third-order valence-electron chi connectivity index (χ3n) is 10.2. The molecule has 10 heteroatoms. The zero-order chi connectivity index (χ0) is 40.1. The van der Waals surface area contributed by atoms with Crippen molar-refractivity contribution in [2.45, 2.75) is 103 Å². The minimum atomic E-state index is -0.314. The van der Waals surface area contributed by atoms with E-state index in [2.05, 4.69) is 88.2 Å². The SMILES string of the molecule is CCC=CCC=CCC=CCC=CCC=CCCCCCC(=O)OCn1c(N(C)C2CCN(c3nc4ccccc4n3Cc3ccc(F)cc3)CC2)nccc1=O. The van der Waals surface area contributed by atoms with Crippen LogP contribution < -0.4 is 15.4 Å². The fourth-order valence-corrected chi connectivity index (χ4v) is 6.96. The van der Waals surface area contributed by atoms with Gasteiger partial charge in [-0.3, -0.25) is 9.59 Å². The van der Waals surface area contributed by atoms with Crippen molar-refractivity contribution in [1.29, 1.82) is 0 Å². The Labute approximate surface area is 337 Å². The monoisotopic (exact) mass is 774 g/mol. The Morgan fingerprint density at radius 3 is 2.16 bits per heavy atom. The number of imidazole rings is 1. The normalized spacial score (nSPS) is 14.1. The standard InChI is InChI=1S/C47H59FN6O3/c1-3-4-5-6-7-8-9-10-11-12-13-14-15-16-17-18-19-20-21-26-45(56)57-38-54-44(55)31-34-49-46(54)51(2)41-32-35-52(36-33-41)47-50-42-24-22-23-25-43(42)53(47)37-39-27-29-40(48)30-28-39/h4-5,7-8,10-11,13-14,16-17,22-25,27-31,34,41H,3,6,9,12,15,18-21,26,32-33,35-38H2,1-2H3. The molecule has 0 atom stereocenters. The second-order valence-electron chi connectivity index (χ2n) is 14.4. The maximum atomic E-state index is 13.6. The predicted octanol–water partition coefficient (Wildman–Crippen LogP) is 10.1. The Bertz CT molecular complexity index is 2040. The molecule has 4 aromatic rings. The number of nitrogens with zero attached hydrogens (tertiary/aromatic N) is 6. The van der Waals surface area contributed by atoms with Gasteiger partial charge >= 0.3 is 5.97 Å². The maximum absolute atomic E-state index is 13.6. The molecule has 1 aliphatic rings. The second kappa shape index (κ2) is 23.5. The molecule has 0 aliphatic carbocycles. The van der Waals surface area contributed by atoms with Gasteiger partial charge in [-0.05, 0) is 94.0 Å². The number of benzene rings is 2. The summed E-state index contributed by atoms with van der Waals surface area (Å²) in [4.78, 5) is 39.5. The highest BCUT2D eigenvalue weighted by atomic mass is 19.1. The fraction of sp³-hybridized carbons (Fsp3) is 0.404. The molecule has 0 unspecified atom stereocenters. The summed E-state index contributed by atoms with van der Waals surface area (Å²) in [6.07, 6.45) is 34.1. The van der Waals surface area contributed by atoms with Crippen molar-refractivity contribution in [2.24, 2.45) is 0 Å². The van der Waals surface area contributed by atoms with Gasteiger partial charge in [-0.2, -0.15) is 0 Å². The van der Waals surface area contributed by atoms with Gasteiger partial charge in [-0.15, -0.1) is 0 Å². The van der Waals surface area contributed by atoms with Gasteiger partial charge in [0.25, 0.3) is 5.56 Å². The first-order valence-corrected chi connectivity index (χ1v) is 20.6. The molecule has 1 saturated heterocycles. The first kappa shape index (κ1) is 42.6. The topological polar surface area (TPSA) is 85.5 Å². The number of anilines is 2. The Balaban J connectivity index is 1.01. The van der Waals surface area contributed by atoms with Crippen LogP contribution in [0.2, 0.25) is 0 Å². The number of aromatic nitrogens is 4. The maximum Gasteiger partial charge on any atom is 0.307 e. The molecule has 0 N–H and O–H groups in total. The average Bonchev–Trinajstić information content (AvgIpc) is 3.59. The number of hydrogen-bond donors (Lipinski definition) is 0. The molecular formula is C47H59FN6O3. The number of esters is 1. The van der Waals surface area contributed by atoms with Gasteiger partial charge in [0.05, 0.1) is 17.6 Å². The van der Waals surface area contributed by atoms with Crippen molar-refractivity contribution in [2.75, 3.05) is 29.9 Å². The van der Waals surface area contributed by atoms with E-state index in [0.29, 0.717) is 18.9 Å². The summed E-state index contributed by atoms with van der Waals surface area (Å²) in [5.74, 6) is 0.800. The van der Waals surface area contributed by atoms with Gasteiger partial charge in [0, 0.05) is 44.9 Å². The van der Waals surface area contributed by atoms with E-state index >= 15 is 0 Å². The third kappa shape index (κ3) is 13.6. The summed E-state index contributed by atoms with van der Waals surface area (Å²) in [5.41, 5.74) is 2.69. The molecule has 57 heavy (non-hydrogen) atoms. The van der Waals surface area contributed by atoms with Crippen LogP contribution in [0.1, 0.15) is 89.5 Å². The van der Waals surface area contributed by atoms with Crippen LogP contribution in [0.25, 0.3) is 11.0 Å². The number of carbonyl (C=O) groups excluding carboxylic acids is 1. The molecule has 0 spiro atoms. The number of carbonyl (C=O) groups is 1. The summed E-state index contributed by atoms with van der Waals surface area (Å²) >= 11 is 0. The van der Waals surface area contributed by atoms with Gasteiger partial charge in [-0.25, -0.2) is 18.9 Å². The van der Waals surface area contributed by atoms with Gasteiger partial charge in [0.15, 0.2) is 6.73 Å². The lowest BCUT2D eigenvalue weighted by atomic mass is 10.0. The number of halogens is 1. The van der Waals surface area contributed by atoms with Crippen LogP contribution in [-0.4, -0.2) is 51.3 Å². The molecule has 0 radical (unpaired) electrons. The van der Waals surface area contributed by atoms with E-state index in [0.717, 1.165) is 106 Å². The zero-order valence-corrected chi connectivity index (χ0v) is 33.7. The van der Waals surface area contributed by atoms with Crippen molar-refractivity contribution >= 4 is 28.9 Å². The van der Waals surface area contributed by atoms with E-state index in [4.69, 9.17) is 9.72 Å². The molecule has 2 aromatic heterocycles. The van der Waals surface area contributed by atoms with E-state index in [1.54, 1.807) is 0 Å². The van der Waals surface area contributed by atoms with Crippen LogP contribution in [0.15, 0.2) is 126 Å². The minimum Gasteiger partial charge on any atom is -0.444 e. The highest BCUT2D eigenvalue weighted by molar-refractivity contribution is 5.79. The molecule has 9 nitrogen and oxygen atoms in total. The lowest BCUT2D eigenvalue weighted by Crippen LogP contribution is -2.46. The number of hydrogen-bond acceptors (Lipinski definition) is 7. The molecule has 302 valence electrons. The quantitative estimate of drug-likeness (QED) is 0.0447. The van der Waals surface area contributed by atoms with Crippen molar-refractivity contribution < 1.29 is 13.9 Å². The van der Waals surface area contributed by atoms with E-state index in [9.17, 15) is 14.0 Å². The predicted molar refractivity (Wildman–Crippen MR) is 231 cm³/mol. The van der Waals surface area contributed by atoms with E-state index in [1.807, 2.05) is 42.3 Å². The molecule has 1 fully saturated rings. The molecule has 0 bridgehead atoms.